The number of carbonyl (C=O) groups is 2. The molecule has 0 atom stereocenters. The van der Waals surface area contributed by atoms with Crippen LogP contribution in [0.4, 0.5) is 0 Å². The van der Waals surface area contributed by atoms with E-state index in [1.54, 1.807) is 0 Å². The van der Waals surface area contributed by atoms with Crippen molar-refractivity contribution in [1.82, 2.24) is 20.0 Å². The van der Waals surface area contributed by atoms with E-state index in [1.807, 2.05) is 36.0 Å². The maximum Gasteiger partial charge on any atom is 0.239 e. The molecule has 2 N–H and O–H groups in total. The minimum Gasteiger partial charge on any atom is -0.352 e. The summed E-state index contributed by atoms with van der Waals surface area (Å²) in [6, 6.07) is 0.0735. The van der Waals surface area contributed by atoms with Crippen molar-refractivity contribution in [2.45, 2.75) is 26.3 Å². The van der Waals surface area contributed by atoms with Gasteiger partial charge in [0.2, 0.25) is 11.8 Å². The highest BCUT2D eigenvalue weighted by Gasteiger charge is 2.10. The first-order valence-corrected chi connectivity index (χ1v) is 6.89. The van der Waals surface area contributed by atoms with Crippen LogP contribution in [0.25, 0.3) is 4.96 Å². The molecule has 0 saturated heterocycles. The number of aromatic nitrogens is 2. The molecule has 2 heterocycles. The number of amides is 2. The molecule has 0 unspecified atom stereocenters. The maximum absolute atomic E-state index is 11.7. The van der Waals surface area contributed by atoms with Crippen LogP contribution in [-0.4, -0.2) is 33.8 Å². The van der Waals surface area contributed by atoms with Gasteiger partial charge >= 0.3 is 0 Å². The highest BCUT2D eigenvalue weighted by molar-refractivity contribution is 7.15. The molecule has 0 aromatic carbocycles. The van der Waals surface area contributed by atoms with Gasteiger partial charge in [-0.15, -0.1) is 11.3 Å². The molecule has 0 aliphatic rings. The minimum atomic E-state index is -0.204. The van der Waals surface area contributed by atoms with Crippen LogP contribution in [-0.2, 0) is 16.0 Å². The Morgan fingerprint density at radius 2 is 2.21 bits per heavy atom. The zero-order valence-corrected chi connectivity index (χ0v) is 11.7. The lowest BCUT2D eigenvalue weighted by Crippen LogP contribution is -2.40. The largest absolute Gasteiger partial charge is 0.352 e. The number of nitrogens with one attached hydrogen (secondary N) is 2. The molecular formula is C12H16N4O2S. The summed E-state index contributed by atoms with van der Waals surface area (Å²) >= 11 is 1.52. The number of hydrogen-bond acceptors (Lipinski definition) is 4. The van der Waals surface area contributed by atoms with Gasteiger partial charge in [0.1, 0.15) is 0 Å². The highest BCUT2D eigenvalue weighted by atomic mass is 32.1. The molecule has 0 radical (unpaired) electrons. The van der Waals surface area contributed by atoms with Crippen molar-refractivity contribution in [3.05, 3.63) is 23.5 Å². The molecule has 0 aliphatic heterocycles. The first-order valence-electron chi connectivity index (χ1n) is 6.01. The summed E-state index contributed by atoms with van der Waals surface area (Å²) in [5, 5.41) is 7.22. The van der Waals surface area contributed by atoms with Gasteiger partial charge in [0, 0.05) is 23.8 Å². The van der Waals surface area contributed by atoms with E-state index >= 15 is 0 Å². The van der Waals surface area contributed by atoms with Crippen LogP contribution < -0.4 is 10.6 Å². The first kappa shape index (κ1) is 13.5. The van der Waals surface area contributed by atoms with E-state index in [1.165, 1.54) is 11.3 Å². The molecular weight excluding hydrogens is 264 g/mol. The summed E-state index contributed by atoms with van der Waals surface area (Å²) in [5.41, 5.74) is 0.702. The summed E-state index contributed by atoms with van der Waals surface area (Å²) in [6.07, 6.45) is 3.90. The minimum absolute atomic E-state index is 0.000762. The Bertz CT molecular complexity index is 559. The number of thiazole rings is 1. The van der Waals surface area contributed by atoms with Crippen LogP contribution in [0, 0.1) is 0 Å². The first-order chi connectivity index (χ1) is 9.04. The number of hydrogen-bond donors (Lipinski definition) is 2. The second-order valence-electron chi connectivity index (χ2n) is 4.50. The zero-order valence-electron chi connectivity index (χ0n) is 10.8. The Hall–Kier alpha value is -1.89. The average molecular weight is 280 g/mol. The summed E-state index contributed by atoms with van der Waals surface area (Å²) in [5.74, 6) is -0.390. The molecule has 0 fully saturated rings. The molecule has 7 heteroatoms. The number of nitrogens with zero attached hydrogens (tertiary/aromatic N) is 2. The molecule has 6 nitrogen and oxygen atoms in total. The van der Waals surface area contributed by atoms with Gasteiger partial charge in [-0.25, -0.2) is 4.98 Å². The summed E-state index contributed by atoms with van der Waals surface area (Å²) in [4.78, 5) is 28.2. The lowest BCUT2D eigenvalue weighted by Gasteiger charge is -2.08. The van der Waals surface area contributed by atoms with Crippen molar-refractivity contribution in [2.75, 3.05) is 6.54 Å². The van der Waals surface area contributed by atoms with E-state index in [0.717, 1.165) is 4.96 Å². The molecule has 19 heavy (non-hydrogen) atoms. The van der Waals surface area contributed by atoms with Crippen molar-refractivity contribution in [3.8, 4) is 0 Å². The zero-order chi connectivity index (χ0) is 13.8. The van der Waals surface area contributed by atoms with Gasteiger partial charge in [0.25, 0.3) is 0 Å². The van der Waals surface area contributed by atoms with E-state index in [0.29, 0.717) is 5.69 Å². The molecule has 2 aromatic rings. The quantitative estimate of drug-likeness (QED) is 0.841. The topological polar surface area (TPSA) is 75.5 Å². The van der Waals surface area contributed by atoms with Crippen LogP contribution in [0.1, 0.15) is 19.5 Å². The third-order valence-corrected chi connectivity index (χ3v) is 3.15. The van der Waals surface area contributed by atoms with Crippen molar-refractivity contribution < 1.29 is 9.59 Å². The van der Waals surface area contributed by atoms with Gasteiger partial charge in [-0.2, -0.15) is 0 Å². The molecule has 2 aromatic heterocycles. The monoisotopic (exact) mass is 280 g/mol. The third-order valence-electron chi connectivity index (χ3n) is 2.38. The Balaban J connectivity index is 1.81. The Morgan fingerprint density at radius 3 is 2.89 bits per heavy atom. The second-order valence-corrected chi connectivity index (χ2v) is 5.37. The molecule has 102 valence electrons. The maximum atomic E-state index is 11.7. The van der Waals surface area contributed by atoms with Gasteiger partial charge in [0.05, 0.1) is 18.7 Å². The van der Waals surface area contributed by atoms with Crippen molar-refractivity contribution in [3.63, 3.8) is 0 Å². The van der Waals surface area contributed by atoms with Crippen LogP contribution in [0.5, 0.6) is 0 Å². The second kappa shape index (κ2) is 5.83. The van der Waals surface area contributed by atoms with Crippen LogP contribution in [0.3, 0.4) is 0 Å². The summed E-state index contributed by atoms with van der Waals surface area (Å²) < 4.78 is 1.87. The van der Waals surface area contributed by atoms with E-state index in [4.69, 9.17) is 0 Å². The van der Waals surface area contributed by atoms with E-state index in [2.05, 4.69) is 15.6 Å². The van der Waals surface area contributed by atoms with E-state index in [9.17, 15) is 9.59 Å². The summed E-state index contributed by atoms with van der Waals surface area (Å²) in [6.45, 7) is 3.74. The SMILES string of the molecule is CC(C)NC(=O)CNC(=O)Cc1cn2ccsc2n1. The Labute approximate surface area is 114 Å². The van der Waals surface area contributed by atoms with Gasteiger partial charge in [-0.3, -0.25) is 14.0 Å². The predicted octanol–water partition coefficient (Wildman–Crippen LogP) is 0.579. The number of rotatable bonds is 5. The average Bonchev–Trinajstić information content (AvgIpc) is 2.85. The molecule has 2 amide bonds. The Morgan fingerprint density at radius 1 is 1.42 bits per heavy atom. The standard InChI is InChI=1S/C12H16N4O2S/c1-8(2)14-11(18)6-13-10(17)5-9-7-16-3-4-19-12(16)15-9/h3-4,7-8H,5-6H2,1-2H3,(H,13,17)(H,14,18). The smallest absolute Gasteiger partial charge is 0.239 e. The molecule has 0 aliphatic carbocycles. The Kier molecular flexibility index (Phi) is 4.16. The van der Waals surface area contributed by atoms with Gasteiger partial charge in [-0.1, -0.05) is 0 Å². The number of fused-ring (bicyclic) bond motifs is 1. The lowest BCUT2D eigenvalue weighted by atomic mass is 10.3. The van der Waals surface area contributed by atoms with Gasteiger partial charge < -0.3 is 10.6 Å². The molecule has 0 bridgehead atoms. The molecule has 0 saturated carbocycles. The predicted molar refractivity (Wildman–Crippen MR) is 73.1 cm³/mol. The van der Waals surface area contributed by atoms with Crippen molar-refractivity contribution in [2.24, 2.45) is 0 Å². The number of imidazole rings is 1. The molecule has 2 rings (SSSR count). The fourth-order valence-electron chi connectivity index (χ4n) is 1.64. The van der Waals surface area contributed by atoms with Crippen LogP contribution >= 0.6 is 11.3 Å². The third kappa shape index (κ3) is 3.78. The van der Waals surface area contributed by atoms with E-state index in [-0.39, 0.29) is 30.8 Å². The lowest BCUT2D eigenvalue weighted by molar-refractivity contribution is -0.126. The van der Waals surface area contributed by atoms with Crippen molar-refractivity contribution >= 4 is 28.1 Å². The number of carbonyl (C=O) groups excluding carboxylic acids is 2. The van der Waals surface area contributed by atoms with Gasteiger partial charge in [-0.05, 0) is 13.8 Å². The van der Waals surface area contributed by atoms with Crippen LogP contribution in [0.15, 0.2) is 17.8 Å². The molecule has 0 spiro atoms. The summed E-state index contributed by atoms with van der Waals surface area (Å²) in [7, 11) is 0. The van der Waals surface area contributed by atoms with Crippen molar-refractivity contribution in [1.29, 1.82) is 0 Å². The fourth-order valence-corrected chi connectivity index (χ4v) is 2.36. The fraction of sp³-hybridized carbons (Fsp3) is 0.417. The van der Waals surface area contributed by atoms with E-state index < -0.39 is 0 Å². The van der Waals surface area contributed by atoms with Gasteiger partial charge in [0.15, 0.2) is 4.96 Å². The normalized spacial score (nSPS) is 10.9. The highest BCUT2D eigenvalue weighted by Crippen LogP contribution is 2.11. The van der Waals surface area contributed by atoms with Crippen LogP contribution in [0.2, 0.25) is 0 Å².